The van der Waals surface area contributed by atoms with Gasteiger partial charge in [0.25, 0.3) is 0 Å². The minimum absolute atomic E-state index is 0.0644. The van der Waals surface area contributed by atoms with E-state index in [4.69, 9.17) is 14.2 Å². The predicted octanol–water partition coefficient (Wildman–Crippen LogP) is 12.5. The molecule has 0 aromatic heterocycles. The Morgan fingerprint density at radius 1 is 0.340 bits per heavy atom. The summed E-state index contributed by atoms with van der Waals surface area (Å²) in [5.41, 5.74) is 0. The van der Waals surface area contributed by atoms with Gasteiger partial charge in [-0.05, 0) is 19.3 Å². The number of ether oxygens (including phenoxy) is 3. The van der Waals surface area contributed by atoms with Crippen molar-refractivity contribution < 1.29 is 28.6 Å². The molecule has 0 rings (SSSR count). The summed E-state index contributed by atoms with van der Waals surface area (Å²) in [6.45, 7) is 6.55. The van der Waals surface area contributed by atoms with Crippen LogP contribution in [0.5, 0.6) is 0 Å². The molecule has 0 fully saturated rings. The normalized spacial score (nSPS) is 11.8. The van der Waals surface area contributed by atoms with Gasteiger partial charge in [0, 0.05) is 19.3 Å². The van der Waals surface area contributed by atoms with Gasteiger partial charge in [-0.2, -0.15) is 0 Å². The lowest BCUT2D eigenvalue weighted by atomic mass is 10.0. The van der Waals surface area contributed by atoms with Crippen LogP contribution in [0.2, 0.25) is 0 Å². The van der Waals surface area contributed by atoms with E-state index in [1.807, 2.05) is 0 Å². The SMILES string of the molecule is CCCCCCCCCCCCCCCC(=O)OCC(COC(=O)CCCCCCC)OC(=O)CCCCCCCCCCCCC. The molecule has 0 bridgehead atoms. The molecule has 47 heavy (non-hydrogen) atoms. The maximum absolute atomic E-state index is 12.6. The van der Waals surface area contributed by atoms with E-state index in [1.165, 1.54) is 122 Å². The van der Waals surface area contributed by atoms with E-state index in [2.05, 4.69) is 20.8 Å². The van der Waals surface area contributed by atoms with E-state index in [0.29, 0.717) is 19.3 Å². The first kappa shape index (κ1) is 45.4. The number of esters is 3. The van der Waals surface area contributed by atoms with Gasteiger partial charge in [0.15, 0.2) is 6.10 Å². The first-order valence-corrected chi connectivity index (χ1v) is 20.5. The lowest BCUT2D eigenvalue weighted by Crippen LogP contribution is -2.30. The Morgan fingerprint density at radius 2 is 0.574 bits per heavy atom. The highest BCUT2D eigenvalue weighted by Gasteiger charge is 2.19. The van der Waals surface area contributed by atoms with E-state index in [-0.39, 0.29) is 31.1 Å². The number of carbonyl (C=O) groups is 3. The predicted molar refractivity (Wildman–Crippen MR) is 197 cm³/mol. The summed E-state index contributed by atoms with van der Waals surface area (Å²) in [6.07, 6.45) is 35.4. The highest BCUT2D eigenvalue weighted by Crippen LogP contribution is 2.15. The first-order valence-electron chi connectivity index (χ1n) is 20.5. The minimum atomic E-state index is -0.755. The molecule has 6 heteroatoms. The van der Waals surface area contributed by atoms with Crippen molar-refractivity contribution in [3.8, 4) is 0 Å². The molecular formula is C41H78O6. The molecule has 0 aliphatic carbocycles. The molecule has 0 spiro atoms. The van der Waals surface area contributed by atoms with Crippen molar-refractivity contribution in [1.82, 2.24) is 0 Å². The standard InChI is InChI=1S/C41H78O6/c1-4-7-10-13-15-17-19-20-22-23-25-28-31-34-40(43)46-37-38(36-45-39(42)33-30-27-12-9-6-3)47-41(44)35-32-29-26-24-21-18-16-14-11-8-5-2/h38H,4-37H2,1-3H3. The molecule has 0 saturated heterocycles. The van der Waals surface area contributed by atoms with Crippen molar-refractivity contribution >= 4 is 17.9 Å². The second-order valence-electron chi connectivity index (χ2n) is 13.9. The molecule has 0 amide bonds. The molecule has 0 aromatic carbocycles. The van der Waals surface area contributed by atoms with Crippen LogP contribution in [0.1, 0.15) is 226 Å². The Morgan fingerprint density at radius 3 is 0.851 bits per heavy atom. The lowest BCUT2D eigenvalue weighted by Gasteiger charge is -2.18. The van der Waals surface area contributed by atoms with Crippen molar-refractivity contribution in [2.75, 3.05) is 13.2 Å². The Hall–Kier alpha value is -1.59. The summed E-state index contributed by atoms with van der Waals surface area (Å²) in [5, 5.41) is 0. The molecule has 0 saturated carbocycles. The number of unbranched alkanes of at least 4 members (excludes halogenated alkanes) is 26. The summed E-state index contributed by atoms with van der Waals surface area (Å²) >= 11 is 0. The van der Waals surface area contributed by atoms with Gasteiger partial charge in [0.2, 0.25) is 0 Å². The largest absolute Gasteiger partial charge is 0.462 e. The molecular weight excluding hydrogens is 588 g/mol. The molecule has 0 aliphatic rings. The molecule has 0 heterocycles. The minimum Gasteiger partial charge on any atom is -0.462 e. The van der Waals surface area contributed by atoms with Crippen LogP contribution in [-0.2, 0) is 28.6 Å². The van der Waals surface area contributed by atoms with E-state index in [1.54, 1.807) is 0 Å². The zero-order valence-electron chi connectivity index (χ0n) is 31.6. The quantitative estimate of drug-likeness (QED) is 0.0373. The third kappa shape index (κ3) is 35.5. The van der Waals surface area contributed by atoms with E-state index >= 15 is 0 Å². The van der Waals surface area contributed by atoms with E-state index in [0.717, 1.165) is 64.2 Å². The fourth-order valence-electron chi connectivity index (χ4n) is 5.97. The van der Waals surface area contributed by atoms with Gasteiger partial charge >= 0.3 is 17.9 Å². The van der Waals surface area contributed by atoms with Crippen molar-refractivity contribution in [2.24, 2.45) is 0 Å². The van der Waals surface area contributed by atoms with Gasteiger partial charge in [0.05, 0.1) is 0 Å². The molecule has 1 atom stereocenters. The van der Waals surface area contributed by atoms with Crippen LogP contribution in [0.25, 0.3) is 0 Å². The number of hydrogen-bond donors (Lipinski definition) is 0. The third-order valence-electron chi connectivity index (χ3n) is 9.11. The summed E-state index contributed by atoms with van der Waals surface area (Å²) in [5.74, 6) is -0.873. The summed E-state index contributed by atoms with van der Waals surface area (Å²) in [6, 6.07) is 0. The highest BCUT2D eigenvalue weighted by atomic mass is 16.6. The van der Waals surface area contributed by atoms with Crippen molar-refractivity contribution in [3.63, 3.8) is 0 Å². The molecule has 6 nitrogen and oxygen atoms in total. The smallest absolute Gasteiger partial charge is 0.306 e. The van der Waals surface area contributed by atoms with Crippen LogP contribution in [0.4, 0.5) is 0 Å². The van der Waals surface area contributed by atoms with E-state index in [9.17, 15) is 14.4 Å². The van der Waals surface area contributed by atoms with E-state index < -0.39 is 6.10 Å². The maximum atomic E-state index is 12.6. The van der Waals surface area contributed by atoms with Gasteiger partial charge in [0.1, 0.15) is 13.2 Å². The van der Waals surface area contributed by atoms with Gasteiger partial charge in [-0.15, -0.1) is 0 Å². The topological polar surface area (TPSA) is 78.9 Å². The third-order valence-corrected chi connectivity index (χ3v) is 9.11. The Bertz CT molecular complexity index is 693. The van der Waals surface area contributed by atoms with Gasteiger partial charge in [-0.1, -0.05) is 188 Å². The van der Waals surface area contributed by atoms with Gasteiger partial charge < -0.3 is 14.2 Å². The Labute approximate surface area is 291 Å². The lowest BCUT2D eigenvalue weighted by molar-refractivity contribution is -0.167. The van der Waals surface area contributed by atoms with Gasteiger partial charge in [-0.3, -0.25) is 14.4 Å². The fourth-order valence-corrected chi connectivity index (χ4v) is 5.97. The second-order valence-corrected chi connectivity index (χ2v) is 13.9. The van der Waals surface area contributed by atoms with Crippen LogP contribution >= 0.6 is 0 Å². The van der Waals surface area contributed by atoms with Crippen LogP contribution < -0.4 is 0 Å². The molecule has 0 radical (unpaired) electrons. The monoisotopic (exact) mass is 667 g/mol. The molecule has 0 N–H and O–H groups in total. The highest BCUT2D eigenvalue weighted by molar-refractivity contribution is 5.71. The number of hydrogen-bond acceptors (Lipinski definition) is 6. The number of carbonyl (C=O) groups excluding carboxylic acids is 3. The van der Waals surface area contributed by atoms with Crippen LogP contribution in [0.3, 0.4) is 0 Å². The maximum Gasteiger partial charge on any atom is 0.306 e. The Kier molecular flexibility index (Phi) is 36.0. The fraction of sp³-hybridized carbons (Fsp3) is 0.927. The molecule has 0 aromatic rings. The molecule has 278 valence electrons. The second kappa shape index (κ2) is 37.2. The van der Waals surface area contributed by atoms with Crippen LogP contribution in [0.15, 0.2) is 0 Å². The average Bonchev–Trinajstić information content (AvgIpc) is 3.06. The summed E-state index contributed by atoms with van der Waals surface area (Å²) < 4.78 is 16.5. The Balaban J connectivity index is 4.23. The zero-order chi connectivity index (χ0) is 34.5. The number of rotatable bonds is 37. The summed E-state index contributed by atoms with van der Waals surface area (Å²) in [7, 11) is 0. The summed E-state index contributed by atoms with van der Waals surface area (Å²) in [4.78, 5) is 37.3. The molecule has 0 aliphatic heterocycles. The average molecular weight is 667 g/mol. The van der Waals surface area contributed by atoms with Gasteiger partial charge in [-0.25, -0.2) is 0 Å². The zero-order valence-corrected chi connectivity index (χ0v) is 31.6. The first-order chi connectivity index (χ1) is 23.0. The van der Waals surface area contributed by atoms with Crippen molar-refractivity contribution in [3.05, 3.63) is 0 Å². The molecule has 1 unspecified atom stereocenters. The van der Waals surface area contributed by atoms with Crippen molar-refractivity contribution in [1.29, 1.82) is 0 Å². The van der Waals surface area contributed by atoms with Crippen LogP contribution in [0, 0.1) is 0 Å². The van der Waals surface area contributed by atoms with Crippen molar-refractivity contribution in [2.45, 2.75) is 232 Å². The van der Waals surface area contributed by atoms with Crippen LogP contribution in [-0.4, -0.2) is 37.2 Å².